The first-order valence-corrected chi connectivity index (χ1v) is 9.43. The van der Waals surface area contributed by atoms with Gasteiger partial charge in [-0.15, -0.1) is 0 Å². The van der Waals surface area contributed by atoms with Gasteiger partial charge < -0.3 is 10.1 Å². The van der Waals surface area contributed by atoms with Gasteiger partial charge in [0.1, 0.15) is 6.61 Å². The number of esters is 1. The lowest BCUT2D eigenvalue weighted by molar-refractivity contribution is -0.144. The topological polar surface area (TPSA) is 41.6 Å². The van der Waals surface area contributed by atoms with Crippen molar-refractivity contribution in [3.8, 4) is 0 Å². The van der Waals surface area contributed by atoms with E-state index in [1.807, 2.05) is 6.07 Å². The van der Waals surface area contributed by atoms with Gasteiger partial charge in [0.25, 0.3) is 0 Å². The molecule has 1 heterocycles. The summed E-state index contributed by atoms with van der Waals surface area (Å²) in [6.45, 7) is 6.57. The summed E-state index contributed by atoms with van der Waals surface area (Å²) in [5, 5.41) is 3.46. The highest BCUT2D eigenvalue weighted by atomic mass is 16.5. The fourth-order valence-corrected chi connectivity index (χ4v) is 3.13. The van der Waals surface area contributed by atoms with Gasteiger partial charge in [-0.1, -0.05) is 62.9 Å². The Morgan fingerprint density at radius 3 is 2.79 bits per heavy atom. The lowest BCUT2D eigenvalue weighted by Gasteiger charge is -2.33. The van der Waals surface area contributed by atoms with Crippen LogP contribution in [0.4, 0.5) is 0 Å². The molecule has 24 heavy (non-hydrogen) atoms. The average molecular weight is 332 g/mol. The molecule has 2 rings (SSSR count). The molecule has 1 aromatic carbocycles. The van der Waals surface area contributed by atoms with E-state index in [2.05, 4.69) is 41.4 Å². The maximum absolute atomic E-state index is 11.8. The van der Waals surface area contributed by atoms with Gasteiger partial charge in [-0.3, -0.25) is 9.69 Å². The van der Waals surface area contributed by atoms with Gasteiger partial charge in [0.05, 0.1) is 6.04 Å². The first kappa shape index (κ1) is 18.9. The highest BCUT2D eigenvalue weighted by molar-refractivity contribution is 5.69. The normalized spacial score (nSPS) is 18.5. The fourth-order valence-electron chi connectivity index (χ4n) is 3.13. The van der Waals surface area contributed by atoms with Crippen LogP contribution in [-0.2, 0) is 16.1 Å². The highest BCUT2D eigenvalue weighted by Crippen LogP contribution is 2.09. The van der Waals surface area contributed by atoms with Crippen LogP contribution in [0.5, 0.6) is 0 Å². The molecule has 1 unspecified atom stereocenters. The van der Waals surface area contributed by atoms with Crippen molar-refractivity contribution in [1.29, 1.82) is 0 Å². The molecule has 0 aliphatic carbocycles. The number of nitrogens with one attached hydrogen (secondary N) is 1. The Morgan fingerprint density at radius 2 is 2.00 bits per heavy atom. The fraction of sp³-hybridized carbons (Fsp3) is 0.650. The summed E-state index contributed by atoms with van der Waals surface area (Å²) in [6.07, 6.45) is 6.37. The van der Waals surface area contributed by atoms with Crippen molar-refractivity contribution < 1.29 is 9.53 Å². The summed E-state index contributed by atoms with van der Waals surface area (Å²) in [7, 11) is 0. The number of unbranched alkanes of at least 4 members (excludes halogenated alkanes) is 4. The van der Waals surface area contributed by atoms with Crippen molar-refractivity contribution >= 4 is 5.97 Å². The first-order chi connectivity index (χ1) is 11.8. The quantitative estimate of drug-likeness (QED) is 0.527. The molecule has 1 aromatic rings. The second-order valence-electron chi connectivity index (χ2n) is 6.72. The molecule has 1 aliphatic rings. The lowest BCUT2D eigenvalue weighted by Crippen LogP contribution is -2.52. The minimum absolute atomic E-state index is 0.0477. The number of ether oxygens (including phenoxy) is 1. The van der Waals surface area contributed by atoms with Crippen LogP contribution >= 0.6 is 0 Å². The van der Waals surface area contributed by atoms with Crippen molar-refractivity contribution in [1.82, 2.24) is 10.2 Å². The van der Waals surface area contributed by atoms with Crippen LogP contribution in [0, 0.1) is 0 Å². The molecule has 1 atom stereocenters. The van der Waals surface area contributed by atoms with Crippen LogP contribution in [0.25, 0.3) is 0 Å². The second-order valence-corrected chi connectivity index (χ2v) is 6.72. The Labute approximate surface area is 146 Å². The van der Waals surface area contributed by atoms with Gasteiger partial charge >= 0.3 is 5.97 Å². The lowest BCUT2D eigenvalue weighted by atomic mass is 10.1. The van der Waals surface area contributed by atoms with Crippen LogP contribution in [0.15, 0.2) is 30.3 Å². The summed E-state index contributed by atoms with van der Waals surface area (Å²) in [5.41, 5.74) is 1.34. The van der Waals surface area contributed by atoms with Crippen molar-refractivity contribution in [2.75, 3.05) is 26.2 Å². The van der Waals surface area contributed by atoms with Gasteiger partial charge in [-0.05, 0) is 12.0 Å². The molecule has 0 spiro atoms. The molecule has 0 amide bonds. The van der Waals surface area contributed by atoms with Crippen LogP contribution in [0.3, 0.4) is 0 Å². The van der Waals surface area contributed by atoms with Gasteiger partial charge in [-0.25, -0.2) is 0 Å². The Bertz CT molecular complexity index is 464. The molecular formula is C20H32N2O2. The number of benzene rings is 1. The highest BCUT2D eigenvalue weighted by Gasteiger charge is 2.20. The Hall–Kier alpha value is -1.39. The summed E-state index contributed by atoms with van der Waals surface area (Å²) in [6, 6.07) is 10.8. The number of nitrogens with zero attached hydrogens (tertiary/aromatic N) is 1. The number of piperazine rings is 1. The van der Waals surface area contributed by atoms with E-state index in [0.29, 0.717) is 13.0 Å². The third kappa shape index (κ3) is 7.45. The summed E-state index contributed by atoms with van der Waals surface area (Å²) in [5.74, 6) is -0.0477. The summed E-state index contributed by atoms with van der Waals surface area (Å²) in [4.78, 5) is 14.3. The maximum atomic E-state index is 11.8. The molecule has 1 N–H and O–H groups in total. The molecule has 134 valence electrons. The Kier molecular flexibility index (Phi) is 8.85. The van der Waals surface area contributed by atoms with Crippen molar-refractivity contribution in [3.05, 3.63) is 35.9 Å². The van der Waals surface area contributed by atoms with Crippen LogP contribution < -0.4 is 5.32 Å². The van der Waals surface area contributed by atoms with E-state index in [1.165, 1.54) is 24.8 Å². The van der Waals surface area contributed by atoms with Crippen LogP contribution in [0.2, 0.25) is 0 Å². The zero-order chi connectivity index (χ0) is 17.0. The van der Waals surface area contributed by atoms with Gasteiger partial charge in [0.15, 0.2) is 0 Å². The Morgan fingerprint density at radius 1 is 1.21 bits per heavy atom. The van der Waals surface area contributed by atoms with E-state index in [-0.39, 0.29) is 12.0 Å². The van der Waals surface area contributed by atoms with Crippen molar-refractivity contribution in [2.24, 2.45) is 0 Å². The Balaban J connectivity index is 1.61. The molecular weight excluding hydrogens is 300 g/mol. The monoisotopic (exact) mass is 332 g/mol. The predicted molar refractivity (Wildman–Crippen MR) is 97.8 cm³/mol. The number of rotatable bonds is 10. The molecule has 0 bridgehead atoms. The van der Waals surface area contributed by atoms with E-state index in [0.717, 1.165) is 39.0 Å². The SMILES string of the molecule is CCCCCCCC(=O)OCC1CN(Cc2ccccc2)CCN1. The summed E-state index contributed by atoms with van der Waals surface area (Å²) < 4.78 is 5.46. The van der Waals surface area contributed by atoms with Crippen LogP contribution in [-0.4, -0.2) is 43.2 Å². The standard InChI is InChI=1S/C20H32N2O2/c1-2-3-4-5-9-12-20(23)24-17-19-16-22(14-13-21-19)15-18-10-7-6-8-11-18/h6-8,10-11,19,21H,2-5,9,12-17H2,1H3. The minimum atomic E-state index is -0.0477. The first-order valence-electron chi connectivity index (χ1n) is 9.43. The minimum Gasteiger partial charge on any atom is -0.464 e. The van der Waals surface area contributed by atoms with E-state index < -0.39 is 0 Å². The molecule has 0 aromatic heterocycles. The van der Waals surface area contributed by atoms with E-state index in [9.17, 15) is 4.79 Å². The average Bonchev–Trinajstić information content (AvgIpc) is 2.61. The molecule has 1 fully saturated rings. The molecule has 4 nitrogen and oxygen atoms in total. The second kappa shape index (κ2) is 11.2. The molecule has 1 saturated heterocycles. The number of hydrogen-bond donors (Lipinski definition) is 1. The van der Waals surface area contributed by atoms with Crippen LogP contribution in [0.1, 0.15) is 51.0 Å². The van der Waals surface area contributed by atoms with Gasteiger partial charge in [0.2, 0.25) is 0 Å². The maximum Gasteiger partial charge on any atom is 0.305 e. The van der Waals surface area contributed by atoms with E-state index >= 15 is 0 Å². The number of carbonyl (C=O) groups excluding carboxylic acids is 1. The van der Waals surface area contributed by atoms with E-state index in [1.54, 1.807) is 0 Å². The van der Waals surface area contributed by atoms with Crippen molar-refractivity contribution in [3.63, 3.8) is 0 Å². The summed E-state index contributed by atoms with van der Waals surface area (Å²) >= 11 is 0. The smallest absolute Gasteiger partial charge is 0.305 e. The van der Waals surface area contributed by atoms with Gasteiger partial charge in [0, 0.05) is 32.6 Å². The third-order valence-corrected chi connectivity index (χ3v) is 4.52. The van der Waals surface area contributed by atoms with E-state index in [4.69, 9.17) is 4.74 Å². The zero-order valence-electron chi connectivity index (χ0n) is 15.0. The largest absolute Gasteiger partial charge is 0.464 e. The molecule has 4 heteroatoms. The molecule has 0 radical (unpaired) electrons. The zero-order valence-corrected chi connectivity index (χ0v) is 15.0. The molecule has 1 aliphatic heterocycles. The number of hydrogen-bond acceptors (Lipinski definition) is 4. The third-order valence-electron chi connectivity index (χ3n) is 4.52. The van der Waals surface area contributed by atoms with Crippen molar-refractivity contribution in [2.45, 2.75) is 58.0 Å². The van der Waals surface area contributed by atoms with Gasteiger partial charge in [-0.2, -0.15) is 0 Å². The molecule has 0 saturated carbocycles. The predicted octanol–water partition coefficient (Wildman–Crippen LogP) is 3.36. The number of carbonyl (C=O) groups is 1.